The van der Waals surface area contributed by atoms with Crippen molar-refractivity contribution in [2.24, 2.45) is 0 Å². The van der Waals surface area contributed by atoms with Gasteiger partial charge in [-0.05, 0) is 12.0 Å². The molecule has 0 radical (unpaired) electrons. The normalized spacial score (nSPS) is 17.0. The summed E-state index contributed by atoms with van der Waals surface area (Å²) in [5.74, 6) is 1.55. The molecule has 118 valence electrons. The predicted octanol–water partition coefficient (Wildman–Crippen LogP) is 1.99. The van der Waals surface area contributed by atoms with Gasteiger partial charge in [0, 0.05) is 39.1 Å². The average molecular weight is 300 g/mol. The summed E-state index contributed by atoms with van der Waals surface area (Å²) in [5.41, 5.74) is 1.42. The molecule has 0 N–H and O–H groups in total. The first-order chi connectivity index (χ1) is 10.8. The number of rotatable bonds is 6. The van der Waals surface area contributed by atoms with Gasteiger partial charge in [0.25, 0.3) is 0 Å². The quantitative estimate of drug-likeness (QED) is 0.816. The number of hydrogen-bond acceptors (Lipinski definition) is 5. The summed E-state index contributed by atoms with van der Waals surface area (Å²) in [6.45, 7) is 8.32. The zero-order valence-corrected chi connectivity index (χ0v) is 13.2. The van der Waals surface area contributed by atoms with Gasteiger partial charge in [-0.25, -0.2) is 0 Å². The molecule has 0 atom stereocenters. The van der Waals surface area contributed by atoms with Crippen molar-refractivity contribution in [2.75, 3.05) is 32.7 Å². The van der Waals surface area contributed by atoms with Crippen LogP contribution >= 0.6 is 0 Å². The fourth-order valence-electron chi connectivity index (χ4n) is 2.79. The highest BCUT2D eigenvalue weighted by Crippen LogP contribution is 2.09. The first-order valence-corrected chi connectivity index (χ1v) is 8.13. The maximum absolute atomic E-state index is 5.27. The molecule has 1 aromatic heterocycles. The molecule has 2 heterocycles. The van der Waals surface area contributed by atoms with Crippen molar-refractivity contribution in [3.05, 3.63) is 47.6 Å². The van der Waals surface area contributed by atoms with E-state index >= 15 is 0 Å². The van der Waals surface area contributed by atoms with Crippen LogP contribution in [-0.2, 0) is 19.4 Å². The van der Waals surface area contributed by atoms with Gasteiger partial charge in [-0.3, -0.25) is 4.90 Å². The maximum Gasteiger partial charge on any atom is 0.240 e. The summed E-state index contributed by atoms with van der Waals surface area (Å²) < 4.78 is 5.27. The van der Waals surface area contributed by atoms with Crippen LogP contribution in [0, 0.1) is 0 Å². The van der Waals surface area contributed by atoms with Gasteiger partial charge in [-0.15, -0.1) is 0 Å². The molecular formula is C17H24N4O. The molecule has 1 saturated heterocycles. The molecule has 1 fully saturated rings. The smallest absolute Gasteiger partial charge is 0.240 e. The molecule has 0 amide bonds. The van der Waals surface area contributed by atoms with Crippen molar-refractivity contribution in [1.82, 2.24) is 19.9 Å². The standard InChI is InChI=1S/C17H24N4O/c1-2-16-18-17(22-19-16)14-21-12-10-20(11-13-21)9-8-15-6-4-3-5-7-15/h3-7H,2,8-14H2,1H3. The van der Waals surface area contributed by atoms with Crippen LogP contribution in [-0.4, -0.2) is 52.7 Å². The van der Waals surface area contributed by atoms with Gasteiger partial charge in [-0.1, -0.05) is 42.4 Å². The molecule has 0 saturated carbocycles. The highest BCUT2D eigenvalue weighted by atomic mass is 16.5. The minimum Gasteiger partial charge on any atom is -0.338 e. The molecule has 5 nitrogen and oxygen atoms in total. The molecule has 3 rings (SSSR count). The molecule has 0 bridgehead atoms. The Morgan fingerprint density at radius 3 is 2.45 bits per heavy atom. The third kappa shape index (κ3) is 4.15. The lowest BCUT2D eigenvalue weighted by atomic mass is 10.1. The van der Waals surface area contributed by atoms with Crippen LogP contribution in [0.3, 0.4) is 0 Å². The predicted molar refractivity (Wildman–Crippen MR) is 85.5 cm³/mol. The first kappa shape index (κ1) is 15.2. The molecule has 1 aromatic carbocycles. The molecule has 0 unspecified atom stereocenters. The second-order valence-corrected chi connectivity index (χ2v) is 5.81. The summed E-state index contributed by atoms with van der Waals surface area (Å²) in [6.07, 6.45) is 1.96. The van der Waals surface area contributed by atoms with E-state index in [0.29, 0.717) is 0 Å². The van der Waals surface area contributed by atoms with Crippen molar-refractivity contribution in [3.8, 4) is 0 Å². The van der Waals surface area contributed by atoms with Crippen molar-refractivity contribution >= 4 is 0 Å². The number of benzene rings is 1. The van der Waals surface area contributed by atoms with Gasteiger partial charge >= 0.3 is 0 Å². The number of hydrogen-bond donors (Lipinski definition) is 0. The Morgan fingerprint density at radius 1 is 1.05 bits per heavy atom. The summed E-state index contributed by atoms with van der Waals surface area (Å²) in [7, 11) is 0. The lowest BCUT2D eigenvalue weighted by molar-refractivity contribution is 0.118. The van der Waals surface area contributed by atoms with E-state index in [1.807, 2.05) is 6.92 Å². The molecular weight excluding hydrogens is 276 g/mol. The summed E-state index contributed by atoms with van der Waals surface area (Å²) >= 11 is 0. The van der Waals surface area contributed by atoms with Crippen LogP contribution in [0.5, 0.6) is 0 Å². The van der Waals surface area contributed by atoms with Gasteiger partial charge in [0.1, 0.15) is 0 Å². The van der Waals surface area contributed by atoms with E-state index in [1.165, 1.54) is 5.56 Å². The molecule has 1 aliphatic heterocycles. The summed E-state index contributed by atoms with van der Waals surface area (Å²) in [6, 6.07) is 10.7. The van der Waals surface area contributed by atoms with Gasteiger partial charge in [-0.2, -0.15) is 4.98 Å². The fourth-order valence-corrected chi connectivity index (χ4v) is 2.79. The van der Waals surface area contributed by atoms with E-state index in [9.17, 15) is 0 Å². The van der Waals surface area contributed by atoms with Crippen LogP contribution < -0.4 is 0 Å². The fraction of sp³-hybridized carbons (Fsp3) is 0.529. The van der Waals surface area contributed by atoms with Crippen LogP contribution in [0.2, 0.25) is 0 Å². The Bertz CT molecular complexity index is 561. The largest absolute Gasteiger partial charge is 0.338 e. The van der Waals surface area contributed by atoms with Crippen LogP contribution in [0.15, 0.2) is 34.9 Å². The molecule has 0 aliphatic carbocycles. The molecule has 5 heteroatoms. The highest BCUT2D eigenvalue weighted by molar-refractivity contribution is 5.14. The highest BCUT2D eigenvalue weighted by Gasteiger charge is 2.18. The van der Waals surface area contributed by atoms with E-state index in [1.54, 1.807) is 0 Å². The lowest BCUT2D eigenvalue weighted by Crippen LogP contribution is -2.46. The van der Waals surface area contributed by atoms with E-state index in [4.69, 9.17) is 4.52 Å². The van der Waals surface area contributed by atoms with Crippen molar-refractivity contribution in [2.45, 2.75) is 26.3 Å². The number of nitrogens with zero attached hydrogens (tertiary/aromatic N) is 4. The van der Waals surface area contributed by atoms with E-state index in [-0.39, 0.29) is 0 Å². The number of piperazine rings is 1. The van der Waals surface area contributed by atoms with Crippen LogP contribution in [0.4, 0.5) is 0 Å². The summed E-state index contributed by atoms with van der Waals surface area (Å²) in [5, 5.41) is 3.95. The Morgan fingerprint density at radius 2 is 1.77 bits per heavy atom. The number of aromatic nitrogens is 2. The molecule has 1 aliphatic rings. The van der Waals surface area contributed by atoms with Gasteiger partial charge < -0.3 is 9.42 Å². The average Bonchev–Trinajstić information content (AvgIpc) is 3.03. The van der Waals surface area contributed by atoms with Crippen LogP contribution in [0.25, 0.3) is 0 Å². The van der Waals surface area contributed by atoms with Gasteiger partial charge in [0.05, 0.1) is 6.54 Å². The Kier molecular flexibility index (Phi) is 5.19. The Labute approximate surface area is 131 Å². The van der Waals surface area contributed by atoms with Crippen molar-refractivity contribution < 1.29 is 4.52 Å². The van der Waals surface area contributed by atoms with Crippen molar-refractivity contribution in [1.29, 1.82) is 0 Å². The topological polar surface area (TPSA) is 45.4 Å². The minimum atomic E-state index is 0.745. The maximum atomic E-state index is 5.27. The Balaban J connectivity index is 1.40. The Hall–Kier alpha value is -1.72. The SMILES string of the molecule is CCc1noc(CN2CCN(CCc3ccccc3)CC2)n1. The zero-order valence-electron chi connectivity index (χ0n) is 13.2. The summed E-state index contributed by atoms with van der Waals surface area (Å²) in [4.78, 5) is 9.32. The third-order valence-electron chi connectivity index (χ3n) is 4.21. The second-order valence-electron chi connectivity index (χ2n) is 5.81. The first-order valence-electron chi connectivity index (χ1n) is 8.13. The van der Waals surface area contributed by atoms with Crippen LogP contribution in [0.1, 0.15) is 24.2 Å². The van der Waals surface area contributed by atoms with Gasteiger partial charge in [0.15, 0.2) is 5.82 Å². The number of aryl methyl sites for hydroxylation is 1. The van der Waals surface area contributed by atoms with E-state index in [2.05, 4.69) is 50.3 Å². The van der Waals surface area contributed by atoms with Crippen molar-refractivity contribution in [3.63, 3.8) is 0 Å². The third-order valence-corrected chi connectivity index (χ3v) is 4.21. The van der Waals surface area contributed by atoms with E-state index < -0.39 is 0 Å². The monoisotopic (exact) mass is 300 g/mol. The minimum absolute atomic E-state index is 0.745. The molecule has 0 spiro atoms. The molecule has 2 aromatic rings. The zero-order chi connectivity index (χ0) is 15.2. The second kappa shape index (κ2) is 7.51. The molecule has 22 heavy (non-hydrogen) atoms. The van der Waals surface area contributed by atoms with E-state index in [0.717, 1.165) is 63.8 Å². The lowest BCUT2D eigenvalue weighted by Gasteiger charge is -2.33. The van der Waals surface area contributed by atoms with Gasteiger partial charge in [0.2, 0.25) is 5.89 Å².